The van der Waals surface area contributed by atoms with E-state index >= 15 is 0 Å². The number of hydrazine groups is 1. The van der Waals surface area contributed by atoms with Crippen LogP contribution >= 0.6 is 0 Å². The Kier molecular flexibility index (Phi) is 7.67. The second-order valence-corrected chi connectivity index (χ2v) is 5.52. The second kappa shape index (κ2) is 8.42. The summed E-state index contributed by atoms with van der Waals surface area (Å²) >= 11 is 0. The highest BCUT2D eigenvalue weighted by molar-refractivity contribution is 6.27. The van der Waals surface area contributed by atoms with Crippen molar-refractivity contribution < 1.29 is 29.3 Å². The lowest BCUT2D eigenvalue weighted by Gasteiger charge is -2.33. The molecule has 0 unspecified atom stereocenters. The molecule has 0 atom stereocenters. The van der Waals surface area contributed by atoms with Gasteiger partial charge < -0.3 is 19.8 Å². The molecule has 1 aliphatic rings. The van der Waals surface area contributed by atoms with E-state index in [1.54, 1.807) is 4.90 Å². The summed E-state index contributed by atoms with van der Waals surface area (Å²) < 4.78 is 5.28. The van der Waals surface area contributed by atoms with Crippen LogP contribution in [0.15, 0.2) is 0 Å². The topological polar surface area (TPSA) is 142 Å². The lowest BCUT2D eigenvalue weighted by Crippen LogP contribution is -2.48. The number of ether oxygens (including phenoxy) is 1. The minimum absolute atomic E-state index is 0.224. The number of carboxylic acids is 2. The van der Waals surface area contributed by atoms with Gasteiger partial charge in [-0.1, -0.05) is 0 Å². The number of aliphatic carboxylic acids is 2. The monoisotopic (exact) mass is 305 g/mol. The zero-order valence-electron chi connectivity index (χ0n) is 12.5. The molecular formula is C12H23N3O6. The summed E-state index contributed by atoms with van der Waals surface area (Å²) in [5, 5.41) is 14.8. The van der Waals surface area contributed by atoms with E-state index in [2.05, 4.69) is 5.43 Å². The first-order valence-electron chi connectivity index (χ1n) is 6.47. The molecule has 1 saturated heterocycles. The Morgan fingerprint density at radius 2 is 1.57 bits per heavy atom. The van der Waals surface area contributed by atoms with Crippen molar-refractivity contribution in [3.8, 4) is 0 Å². The smallest absolute Gasteiger partial charge is 0.414 e. The molecule has 0 aromatic carbocycles. The minimum Gasteiger partial charge on any atom is -0.473 e. The van der Waals surface area contributed by atoms with Gasteiger partial charge in [0.1, 0.15) is 5.60 Å². The standard InChI is InChI=1S/C10H21N3O2.C2H2O4/c1-10(2,3)15-9(14)13-6-4-8(12-11)5-7-13;3-1(4)2(5)6/h8,12H,4-7,11H2,1-3H3;(H,3,4)(H,5,6). The number of hydrogen-bond acceptors (Lipinski definition) is 6. The van der Waals surface area contributed by atoms with Crippen molar-refractivity contribution in [2.75, 3.05) is 13.1 Å². The number of nitrogens with zero attached hydrogens (tertiary/aromatic N) is 1. The van der Waals surface area contributed by atoms with Crippen molar-refractivity contribution in [2.24, 2.45) is 5.84 Å². The molecule has 0 aromatic rings. The number of rotatable bonds is 1. The molecule has 1 aliphatic heterocycles. The van der Waals surface area contributed by atoms with Crippen molar-refractivity contribution in [2.45, 2.75) is 45.3 Å². The molecule has 5 N–H and O–H groups in total. The van der Waals surface area contributed by atoms with Gasteiger partial charge in [-0.05, 0) is 33.6 Å². The van der Waals surface area contributed by atoms with Crippen LogP contribution in [0.25, 0.3) is 0 Å². The Hall–Kier alpha value is -1.87. The molecular weight excluding hydrogens is 282 g/mol. The number of amides is 1. The van der Waals surface area contributed by atoms with E-state index in [1.165, 1.54) is 0 Å². The summed E-state index contributed by atoms with van der Waals surface area (Å²) in [6.07, 6.45) is 1.55. The number of piperidine rings is 1. The summed E-state index contributed by atoms with van der Waals surface area (Å²) in [4.78, 5) is 31.6. The number of likely N-dealkylation sites (tertiary alicyclic amines) is 1. The lowest BCUT2D eigenvalue weighted by atomic mass is 10.1. The van der Waals surface area contributed by atoms with E-state index in [1.807, 2.05) is 20.8 Å². The summed E-state index contributed by atoms with van der Waals surface area (Å²) in [6, 6.07) is 0.323. The molecule has 21 heavy (non-hydrogen) atoms. The van der Waals surface area contributed by atoms with E-state index in [-0.39, 0.29) is 6.09 Å². The summed E-state index contributed by atoms with van der Waals surface area (Å²) in [5.41, 5.74) is 2.32. The zero-order valence-corrected chi connectivity index (χ0v) is 12.5. The Balaban J connectivity index is 0.000000567. The van der Waals surface area contributed by atoms with Gasteiger partial charge in [0, 0.05) is 19.1 Å². The van der Waals surface area contributed by atoms with Crippen LogP contribution in [-0.4, -0.2) is 57.9 Å². The highest BCUT2D eigenvalue weighted by Gasteiger charge is 2.26. The van der Waals surface area contributed by atoms with Crippen molar-refractivity contribution in [3.63, 3.8) is 0 Å². The van der Waals surface area contributed by atoms with Gasteiger partial charge in [-0.15, -0.1) is 0 Å². The molecule has 0 aromatic heterocycles. The van der Waals surface area contributed by atoms with Crippen LogP contribution in [0, 0.1) is 0 Å². The lowest BCUT2D eigenvalue weighted by molar-refractivity contribution is -0.159. The van der Waals surface area contributed by atoms with E-state index in [0.29, 0.717) is 19.1 Å². The molecule has 1 fully saturated rings. The van der Waals surface area contributed by atoms with Gasteiger partial charge in [-0.2, -0.15) is 0 Å². The number of carboxylic acid groups (broad SMARTS) is 2. The number of nitrogens with two attached hydrogens (primary N) is 1. The van der Waals surface area contributed by atoms with Crippen molar-refractivity contribution in [3.05, 3.63) is 0 Å². The van der Waals surface area contributed by atoms with Gasteiger partial charge in [-0.25, -0.2) is 14.4 Å². The van der Waals surface area contributed by atoms with Crippen LogP contribution in [0.3, 0.4) is 0 Å². The molecule has 0 radical (unpaired) electrons. The van der Waals surface area contributed by atoms with Crippen molar-refractivity contribution >= 4 is 18.0 Å². The molecule has 0 saturated carbocycles. The van der Waals surface area contributed by atoms with Crippen molar-refractivity contribution in [1.29, 1.82) is 0 Å². The van der Waals surface area contributed by atoms with E-state index in [4.69, 9.17) is 30.4 Å². The maximum atomic E-state index is 11.7. The fourth-order valence-electron chi connectivity index (χ4n) is 1.56. The molecule has 1 heterocycles. The Bertz CT molecular complexity index is 360. The van der Waals surface area contributed by atoms with Crippen LogP contribution in [0.5, 0.6) is 0 Å². The molecule has 0 spiro atoms. The quantitative estimate of drug-likeness (QED) is 0.301. The third-order valence-electron chi connectivity index (χ3n) is 2.57. The van der Waals surface area contributed by atoms with Gasteiger partial charge in [0.15, 0.2) is 0 Å². The predicted molar refractivity (Wildman–Crippen MR) is 73.4 cm³/mol. The largest absolute Gasteiger partial charge is 0.473 e. The Morgan fingerprint density at radius 3 is 1.86 bits per heavy atom. The first kappa shape index (κ1) is 19.1. The number of carbonyl (C=O) groups is 3. The first-order chi connectivity index (χ1) is 9.56. The Labute approximate surface area is 123 Å². The number of nitrogens with one attached hydrogen (secondary N) is 1. The normalized spacial score (nSPS) is 15.7. The van der Waals surface area contributed by atoms with Crippen LogP contribution < -0.4 is 11.3 Å². The highest BCUT2D eigenvalue weighted by Crippen LogP contribution is 2.14. The average Bonchev–Trinajstić information content (AvgIpc) is 2.37. The third kappa shape index (κ3) is 8.82. The summed E-state index contributed by atoms with van der Waals surface area (Å²) in [7, 11) is 0. The maximum absolute atomic E-state index is 11.7. The molecule has 9 heteroatoms. The van der Waals surface area contributed by atoms with E-state index < -0.39 is 17.5 Å². The van der Waals surface area contributed by atoms with Crippen LogP contribution in [0.4, 0.5) is 4.79 Å². The maximum Gasteiger partial charge on any atom is 0.414 e. The fourth-order valence-corrected chi connectivity index (χ4v) is 1.56. The second-order valence-electron chi connectivity index (χ2n) is 5.52. The van der Waals surface area contributed by atoms with Gasteiger partial charge >= 0.3 is 18.0 Å². The zero-order chi connectivity index (χ0) is 16.6. The van der Waals surface area contributed by atoms with Gasteiger partial charge in [0.2, 0.25) is 0 Å². The summed E-state index contributed by atoms with van der Waals surface area (Å²) in [6.45, 7) is 7.05. The third-order valence-corrected chi connectivity index (χ3v) is 2.57. The molecule has 0 bridgehead atoms. The van der Waals surface area contributed by atoms with Gasteiger partial charge in [-0.3, -0.25) is 11.3 Å². The van der Waals surface area contributed by atoms with Gasteiger partial charge in [0.05, 0.1) is 0 Å². The molecule has 1 amide bonds. The molecule has 0 aliphatic carbocycles. The van der Waals surface area contributed by atoms with Crippen LogP contribution in [-0.2, 0) is 14.3 Å². The van der Waals surface area contributed by atoms with E-state index in [0.717, 1.165) is 12.8 Å². The molecule has 9 nitrogen and oxygen atoms in total. The molecule has 122 valence electrons. The average molecular weight is 305 g/mol. The number of hydrogen-bond donors (Lipinski definition) is 4. The van der Waals surface area contributed by atoms with E-state index in [9.17, 15) is 4.79 Å². The minimum atomic E-state index is -1.82. The van der Waals surface area contributed by atoms with Crippen LogP contribution in [0.2, 0.25) is 0 Å². The molecule has 1 rings (SSSR count). The number of carbonyl (C=O) groups excluding carboxylic acids is 1. The fraction of sp³-hybridized carbons (Fsp3) is 0.750. The Morgan fingerprint density at radius 1 is 1.14 bits per heavy atom. The van der Waals surface area contributed by atoms with Gasteiger partial charge in [0.25, 0.3) is 0 Å². The summed E-state index contributed by atoms with van der Waals surface area (Å²) in [5.74, 6) is 1.69. The highest BCUT2D eigenvalue weighted by atomic mass is 16.6. The van der Waals surface area contributed by atoms with Crippen LogP contribution in [0.1, 0.15) is 33.6 Å². The SMILES string of the molecule is CC(C)(C)OC(=O)N1CCC(NN)CC1.O=C(O)C(=O)O. The first-order valence-corrected chi connectivity index (χ1v) is 6.47. The predicted octanol–water partition coefficient (Wildman–Crippen LogP) is 0.00480. The van der Waals surface area contributed by atoms with Crippen molar-refractivity contribution in [1.82, 2.24) is 10.3 Å².